The molecule has 0 unspecified atom stereocenters. The molecule has 15 rings (SSSR count). The van der Waals surface area contributed by atoms with Crippen molar-refractivity contribution in [1.82, 2.24) is 0 Å². The summed E-state index contributed by atoms with van der Waals surface area (Å²) in [5.74, 6) is 0. The quantitative estimate of drug-likeness (QED) is 0.155. The fourth-order valence-corrected chi connectivity index (χ4v) is 12.9. The Morgan fingerprint density at radius 2 is 0.699 bits per heavy atom. The second-order valence-electron chi connectivity index (χ2n) is 21.3. The van der Waals surface area contributed by atoms with Crippen molar-refractivity contribution < 1.29 is 4.42 Å². The van der Waals surface area contributed by atoms with E-state index in [4.69, 9.17) is 4.42 Å². The van der Waals surface area contributed by atoms with Crippen LogP contribution in [0, 0.1) is 0 Å². The van der Waals surface area contributed by atoms with Crippen molar-refractivity contribution in [2.24, 2.45) is 0 Å². The van der Waals surface area contributed by atoms with Gasteiger partial charge in [-0.1, -0.05) is 173 Å². The van der Waals surface area contributed by atoms with E-state index in [1.54, 1.807) is 0 Å². The maximum absolute atomic E-state index is 7.24. The van der Waals surface area contributed by atoms with Crippen molar-refractivity contribution in [3.05, 3.63) is 253 Å². The molecule has 0 saturated carbocycles. The highest BCUT2D eigenvalue weighted by molar-refractivity contribution is 6.30. The number of anilines is 6. The molecule has 2 aliphatic carbocycles. The summed E-state index contributed by atoms with van der Waals surface area (Å²) in [5.41, 5.74) is 18.7. The van der Waals surface area contributed by atoms with E-state index >= 15 is 0 Å². The Labute approximate surface area is 424 Å². The highest BCUT2D eigenvalue weighted by Gasteiger charge is 2.37. The minimum absolute atomic E-state index is 0.138. The van der Waals surface area contributed by atoms with Gasteiger partial charge in [-0.3, -0.25) is 0 Å². The predicted octanol–water partition coefficient (Wildman–Crippen LogP) is 19.8. The first-order chi connectivity index (χ1) is 35.7. The third-order valence-corrected chi connectivity index (χ3v) is 16.6. The molecule has 0 bridgehead atoms. The third kappa shape index (κ3) is 6.12. The standard InChI is InChI=1S/C70H50N2O/c1-69(2)62-23-13-11-20-54(62)56-33-29-50(40-64(56)69)71(47-27-25-43-15-5-7-17-45(43)37-47)49-31-35-59-61(39-49)53-19-9-10-22-58(53)67-60-36-32-52(42-66(60)73-68(59)67)72(48-28-26-44-16-6-8-18-46(44)38-48)51-30-34-57-55-21-12-14-24-63(55)70(3,4)65(57)41-51/h5-42H,1-4H3. The fraction of sp³-hybridized carbons (Fsp3) is 0.0857. The number of hydrogen-bond acceptors (Lipinski definition) is 3. The largest absolute Gasteiger partial charge is 0.455 e. The molecule has 3 heteroatoms. The Bertz CT molecular complexity index is 4480. The molecule has 0 N–H and O–H groups in total. The number of furan rings is 1. The maximum atomic E-state index is 7.24. The van der Waals surface area contributed by atoms with Gasteiger partial charge in [-0.25, -0.2) is 0 Å². The minimum atomic E-state index is -0.140. The Morgan fingerprint density at radius 1 is 0.288 bits per heavy atom. The van der Waals surface area contributed by atoms with Gasteiger partial charge in [0.25, 0.3) is 0 Å². The monoisotopic (exact) mass is 934 g/mol. The van der Waals surface area contributed by atoms with Crippen LogP contribution in [-0.4, -0.2) is 0 Å². The summed E-state index contributed by atoms with van der Waals surface area (Å²) in [7, 11) is 0. The van der Waals surface area contributed by atoms with E-state index in [9.17, 15) is 0 Å². The zero-order valence-corrected chi connectivity index (χ0v) is 41.2. The molecule has 0 amide bonds. The average Bonchev–Trinajstić information content (AvgIpc) is 4.01. The maximum Gasteiger partial charge on any atom is 0.143 e. The van der Waals surface area contributed by atoms with E-state index < -0.39 is 0 Å². The van der Waals surface area contributed by atoms with Crippen molar-refractivity contribution in [2.75, 3.05) is 9.80 Å². The molecule has 73 heavy (non-hydrogen) atoms. The van der Waals surface area contributed by atoms with Crippen molar-refractivity contribution in [1.29, 1.82) is 0 Å². The van der Waals surface area contributed by atoms with Crippen LogP contribution in [0.2, 0.25) is 0 Å². The first-order valence-electron chi connectivity index (χ1n) is 25.6. The lowest BCUT2D eigenvalue weighted by Crippen LogP contribution is -2.16. The highest BCUT2D eigenvalue weighted by Crippen LogP contribution is 2.53. The molecule has 3 nitrogen and oxygen atoms in total. The molecule has 12 aromatic carbocycles. The van der Waals surface area contributed by atoms with Gasteiger partial charge in [-0.05, 0) is 161 Å². The average molecular weight is 935 g/mol. The molecule has 0 radical (unpaired) electrons. The first kappa shape index (κ1) is 41.8. The molecule has 0 aliphatic heterocycles. The summed E-state index contributed by atoms with van der Waals surface area (Å²) < 4.78 is 7.24. The fourth-order valence-electron chi connectivity index (χ4n) is 12.9. The van der Waals surface area contributed by atoms with Crippen LogP contribution in [0.25, 0.3) is 87.3 Å². The highest BCUT2D eigenvalue weighted by atomic mass is 16.3. The van der Waals surface area contributed by atoms with Crippen molar-refractivity contribution in [3.63, 3.8) is 0 Å². The second-order valence-corrected chi connectivity index (χ2v) is 21.3. The Morgan fingerprint density at radius 3 is 1.27 bits per heavy atom. The zero-order chi connectivity index (χ0) is 48.7. The van der Waals surface area contributed by atoms with Crippen LogP contribution < -0.4 is 9.80 Å². The molecule has 1 heterocycles. The number of rotatable bonds is 6. The second kappa shape index (κ2) is 15.3. The van der Waals surface area contributed by atoms with Gasteiger partial charge < -0.3 is 14.2 Å². The molecule has 0 spiro atoms. The molecule has 0 atom stereocenters. The van der Waals surface area contributed by atoms with Gasteiger partial charge in [0.15, 0.2) is 0 Å². The number of fused-ring (bicyclic) bond motifs is 16. The summed E-state index contributed by atoms with van der Waals surface area (Å²) in [5, 5.41) is 11.7. The van der Waals surface area contributed by atoms with Crippen molar-refractivity contribution in [3.8, 4) is 22.3 Å². The van der Waals surface area contributed by atoms with Gasteiger partial charge in [0.2, 0.25) is 0 Å². The SMILES string of the molecule is CC1(C)c2ccccc2-c2ccc(N(c3ccc4ccccc4c3)c3ccc4c(c3)oc3c5ccc(N(c6ccc7c(c6)C(C)(C)c6ccccc6-7)c6ccc7ccccc7c6)cc5c5ccccc5c43)cc21. The van der Waals surface area contributed by atoms with Crippen LogP contribution >= 0.6 is 0 Å². The minimum Gasteiger partial charge on any atom is -0.455 e. The molecule has 13 aromatic rings. The molecule has 0 fully saturated rings. The summed E-state index contributed by atoms with van der Waals surface area (Å²) in [4.78, 5) is 4.84. The van der Waals surface area contributed by atoms with Crippen LogP contribution in [0.5, 0.6) is 0 Å². The topological polar surface area (TPSA) is 19.6 Å². The van der Waals surface area contributed by atoms with Crippen LogP contribution in [0.4, 0.5) is 34.1 Å². The molecule has 2 aliphatic rings. The number of hydrogen-bond donors (Lipinski definition) is 0. The third-order valence-electron chi connectivity index (χ3n) is 16.6. The lowest BCUT2D eigenvalue weighted by molar-refractivity contribution is 0.660. The summed E-state index contributed by atoms with van der Waals surface area (Å²) in [6, 6.07) is 85.4. The molecule has 1 aromatic heterocycles. The van der Waals surface area contributed by atoms with Gasteiger partial charge in [-0.15, -0.1) is 0 Å². The molecular weight excluding hydrogens is 885 g/mol. The Kier molecular flexibility index (Phi) is 8.76. The van der Waals surface area contributed by atoms with Gasteiger partial charge in [0.1, 0.15) is 11.2 Å². The lowest BCUT2D eigenvalue weighted by atomic mass is 9.82. The van der Waals surface area contributed by atoms with E-state index in [2.05, 4.69) is 268 Å². The predicted molar refractivity (Wildman–Crippen MR) is 308 cm³/mol. The summed E-state index contributed by atoms with van der Waals surface area (Å²) in [6.07, 6.45) is 0. The van der Waals surface area contributed by atoms with Crippen molar-refractivity contribution in [2.45, 2.75) is 38.5 Å². The molecular formula is C70H50N2O. The zero-order valence-electron chi connectivity index (χ0n) is 41.2. The summed E-state index contributed by atoms with van der Waals surface area (Å²) in [6.45, 7) is 9.43. The van der Waals surface area contributed by atoms with Gasteiger partial charge >= 0.3 is 0 Å². The van der Waals surface area contributed by atoms with E-state index in [0.29, 0.717) is 0 Å². The first-order valence-corrected chi connectivity index (χ1v) is 25.6. The van der Waals surface area contributed by atoms with Gasteiger partial charge in [0, 0.05) is 67.2 Å². The Balaban J connectivity index is 0.914. The van der Waals surface area contributed by atoms with Crippen LogP contribution in [0.15, 0.2) is 235 Å². The van der Waals surface area contributed by atoms with Gasteiger partial charge in [-0.2, -0.15) is 0 Å². The van der Waals surface area contributed by atoms with Crippen LogP contribution in [0.1, 0.15) is 49.9 Å². The Hall–Kier alpha value is -8.92. The normalized spacial score (nSPS) is 14.0. The van der Waals surface area contributed by atoms with Crippen LogP contribution in [-0.2, 0) is 10.8 Å². The van der Waals surface area contributed by atoms with E-state index in [0.717, 1.165) is 66.8 Å². The number of benzene rings is 12. The summed E-state index contributed by atoms with van der Waals surface area (Å²) >= 11 is 0. The number of nitrogens with zero attached hydrogens (tertiary/aromatic N) is 2. The van der Waals surface area contributed by atoms with E-state index in [1.165, 1.54) is 76.8 Å². The molecule has 346 valence electrons. The van der Waals surface area contributed by atoms with Crippen LogP contribution in [0.3, 0.4) is 0 Å². The van der Waals surface area contributed by atoms with Gasteiger partial charge in [0.05, 0.1) is 0 Å². The lowest BCUT2D eigenvalue weighted by Gasteiger charge is -2.28. The van der Waals surface area contributed by atoms with E-state index in [1.807, 2.05) is 0 Å². The smallest absolute Gasteiger partial charge is 0.143 e. The van der Waals surface area contributed by atoms with Crippen molar-refractivity contribution >= 4 is 99.2 Å². The molecule has 0 saturated heterocycles. The van der Waals surface area contributed by atoms with E-state index in [-0.39, 0.29) is 10.8 Å².